The van der Waals surface area contributed by atoms with E-state index in [1.54, 1.807) is 0 Å². The normalized spacial score (nSPS) is 11.5. The maximum absolute atomic E-state index is 11.8. The molecule has 0 aromatic heterocycles. The van der Waals surface area contributed by atoms with Gasteiger partial charge in [-0.05, 0) is 0 Å². The lowest BCUT2D eigenvalue weighted by Gasteiger charge is -2.21. The van der Waals surface area contributed by atoms with Gasteiger partial charge in [-0.2, -0.15) is 13.2 Å². The van der Waals surface area contributed by atoms with Gasteiger partial charge in [-0.25, -0.2) is 0 Å². The van der Waals surface area contributed by atoms with Crippen molar-refractivity contribution in [1.29, 1.82) is 0 Å². The van der Waals surface area contributed by atoms with Gasteiger partial charge in [0.15, 0.2) is 0 Å². The second-order valence-corrected chi connectivity index (χ2v) is 3.31. The molecule has 0 saturated carbocycles. The molecule has 0 aromatic carbocycles. The van der Waals surface area contributed by atoms with Gasteiger partial charge < -0.3 is 4.90 Å². The summed E-state index contributed by atoms with van der Waals surface area (Å²) in [5.74, 6) is -0.792. The molecule has 0 aliphatic carbocycles. The summed E-state index contributed by atoms with van der Waals surface area (Å²) in [5.41, 5.74) is 0. The second kappa shape index (κ2) is 6.35. The third-order valence-electron chi connectivity index (χ3n) is 1.41. The van der Waals surface area contributed by atoms with E-state index < -0.39 is 18.5 Å². The SMILES string of the molecule is O=C(CC(F)(F)F)N(CCCl)CCCl. The van der Waals surface area contributed by atoms with Crippen molar-refractivity contribution in [2.24, 2.45) is 0 Å². The Labute approximate surface area is 90.0 Å². The molecular weight excluding hydrogens is 242 g/mol. The van der Waals surface area contributed by atoms with Gasteiger partial charge in [-0.3, -0.25) is 4.79 Å². The molecule has 0 saturated heterocycles. The minimum atomic E-state index is -4.48. The van der Waals surface area contributed by atoms with Crippen molar-refractivity contribution in [2.45, 2.75) is 12.6 Å². The molecular formula is C7H10Cl2F3NO. The van der Waals surface area contributed by atoms with Crippen LogP contribution < -0.4 is 0 Å². The van der Waals surface area contributed by atoms with E-state index in [4.69, 9.17) is 23.2 Å². The highest BCUT2D eigenvalue weighted by Crippen LogP contribution is 2.20. The third-order valence-corrected chi connectivity index (χ3v) is 1.75. The van der Waals surface area contributed by atoms with E-state index in [0.717, 1.165) is 4.90 Å². The fourth-order valence-corrected chi connectivity index (χ4v) is 1.26. The molecule has 0 radical (unpaired) electrons. The Hall–Kier alpha value is -0.160. The fraction of sp³-hybridized carbons (Fsp3) is 0.857. The number of nitrogens with zero attached hydrogens (tertiary/aromatic N) is 1. The Kier molecular flexibility index (Phi) is 6.27. The molecule has 0 fully saturated rings. The molecule has 0 bridgehead atoms. The van der Waals surface area contributed by atoms with Crippen molar-refractivity contribution < 1.29 is 18.0 Å². The van der Waals surface area contributed by atoms with E-state index >= 15 is 0 Å². The van der Waals surface area contributed by atoms with Crippen molar-refractivity contribution in [1.82, 2.24) is 4.90 Å². The number of carbonyl (C=O) groups is 1. The van der Waals surface area contributed by atoms with Crippen LogP contribution in [0.15, 0.2) is 0 Å². The van der Waals surface area contributed by atoms with Crippen molar-refractivity contribution in [3.8, 4) is 0 Å². The molecule has 1 amide bonds. The van der Waals surface area contributed by atoms with Crippen LogP contribution in [0.2, 0.25) is 0 Å². The lowest BCUT2D eigenvalue weighted by Crippen LogP contribution is -2.37. The van der Waals surface area contributed by atoms with Gasteiger partial charge in [0.25, 0.3) is 0 Å². The lowest BCUT2D eigenvalue weighted by atomic mass is 10.3. The number of alkyl halides is 5. The van der Waals surface area contributed by atoms with E-state index in [-0.39, 0.29) is 24.8 Å². The van der Waals surface area contributed by atoms with E-state index in [2.05, 4.69) is 0 Å². The molecule has 7 heteroatoms. The number of carbonyl (C=O) groups excluding carboxylic acids is 1. The molecule has 14 heavy (non-hydrogen) atoms. The summed E-state index contributed by atoms with van der Waals surface area (Å²) < 4.78 is 35.5. The van der Waals surface area contributed by atoms with Crippen LogP contribution in [0.25, 0.3) is 0 Å². The maximum atomic E-state index is 11.8. The zero-order valence-corrected chi connectivity index (χ0v) is 8.79. The molecule has 0 heterocycles. The first-order valence-corrected chi connectivity index (χ1v) is 4.94. The second-order valence-electron chi connectivity index (χ2n) is 2.55. The van der Waals surface area contributed by atoms with Gasteiger partial charge in [0.05, 0.1) is 0 Å². The molecule has 0 rings (SSSR count). The van der Waals surface area contributed by atoms with Crippen LogP contribution in [-0.4, -0.2) is 41.8 Å². The predicted octanol–water partition coefficient (Wildman–Crippen LogP) is 2.25. The summed E-state index contributed by atoms with van der Waals surface area (Å²) in [5, 5.41) is 0. The molecule has 0 unspecified atom stereocenters. The standard InChI is InChI=1S/C7H10Cl2F3NO/c8-1-3-13(4-2-9)6(14)5-7(10,11)12/h1-5H2. The van der Waals surface area contributed by atoms with E-state index in [0.29, 0.717) is 0 Å². The number of halogens is 5. The highest BCUT2D eigenvalue weighted by atomic mass is 35.5. The first-order chi connectivity index (χ1) is 6.40. The first kappa shape index (κ1) is 13.8. The molecule has 0 spiro atoms. The van der Waals surface area contributed by atoms with Crippen LogP contribution in [0.3, 0.4) is 0 Å². The Morgan fingerprint density at radius 2 is 1.57 bits per heavy atom. The number of rotatable bonds is 5. The fourth-order valence-electron chi connectivity index (χ4n) is 0.849. The van der Waals surface area contributed by atoms with Crippen LogP contribution in [0.4, 0.5) is 13.2 Å². The third kappa shape index (κ3) is 6.32. The predicted molar refractivity (Wildman–Crippen MR) is 48.7 cm³/mol. The zero-order chi connectivity index (χ0) is 11.2. The van der Waals surface area contributed by atoms with Gasteiger partial charge >= 0.3 is 6.18 Å². The maximum Gasteiger partial charge on any atom is 0.397 e. The highest BCUT2D eigenvalue weighted by Gasteiger charge is 2.33. The first-order valence-electron chi connectivity index (χ1n) is 3.87. The van der Waals surface area contributed by atoms with Crippen LogP contribution in [0, 0.1) is 0 Å². The van der Waals surface area contributed by atoms with Crippen molar-refractivity contribution in [2.75, 3.05) is 24.8 Å². The Morgan fingerprint density at radius 3 is 1.86 bits per heavy atom. The largest absolute Gasteiger partial charge is 0.397 e. The molecule has 0 N–H and O–H groups in total. The number of hydrogen-bond acceptors (Lipinski definition) is 1. The van der Waals surface area contributed by atoms with Gasteiger partial charge in [0, 0.05) is 24.8 Å². The average Bonchev–Trinajstić information content (AvgIpc) is 2.01. The zero-order valence-electron chi connectivity index (χ0n) is 7.28. The Balaban J connectivity index is 4.14. The quantitative estimate of drug-likeness (QED) is 0.687. The summed E-state index contributed by atoms with van der Waals surface area (Å²) in [7, 11) is 0. The Bertz CT molecular complexity index is 180. The van der Waals surface area contributed by atoms with E-state index in [1.807, 2.05) is 0 Å². The molecule has 84 valence electrons. The summed E-state index contributed by atoms with van der Waals surface area (Å²) in [6.07, 6.45) is -5.94. The van der Waals surface area contributed by atoms with E-state index in [9.17, 15) is 18.0 Å². The lowest BCUT2D eigenvalue weighted by molar-refractivity contribution is -0.161. The summed E-state index contributed by atoms with van der Waals surface area (Å²) in [6.45, 7) is 0.173. The molecule has 0 aliphatic rings. The molecule has 2 nitrogen and oxygen atoms in total. The van der Waals surface area contributed by atoms with Crippen molar-refractivity contribution in [3.05, 3.63) is 0 Å². The smallest absolute Gasteiger partial charge is 0.340 e. The average molecular weight is 252 g/mol. The summed E-state index contributed by atoms with van der Waals surface area (Å²) >= 11 is 10.7. The van der Waals surface area contributed by atoms with Gasteiger partial charge in [0.1, 0.15) is 6.42 Å². The number of hydrogen-bond donors (Lipinski definition) is 0. The van der Waals surface area contributed by atoms with Crippen LogP contribution in [-0.2, 0) is 4.79 Å². The van der Waals surface area contributed by atoms with Gasteiger partial charge in [-0.1, -0.05) is 0 Å². The minimum Gasteiger partial charge on any atom is -0.340 e. The van der Waals surface area contributed by atoms with Gasteiger partial charge in [0.2, 0.25) is 5.91 Å². The molecule has 0 aromatic rings. The number of amides is 1. The summed E-state index contributed by atoms with van der Waals surface area (Å²) in [4.78, 5) is 12.0. The monoisotopic (exact) mass is 251 g/mol. The van der Waals surface area contributed by atoms with Crippen molar-refractivity contribution in [3.63, 3.8) is 0 Å². The van der Waals surface area contributed by atoms with Crippen molar-refractivity contribution >= 4 is 29.1 Å². The minimum absolute atomic E-state index is 0.0865. The topological polar surface area (TPSA) is 20.3 Å². The van der Waals surface area contributed by atoms with Crippen LogP contribution in [0.1, 0.15) is 6.42 Å². The summed E-state index contributed by atoms with van der Waals surface area (Å²) in [6, 6.07) is 0. The molecule has 0 atom stereocenters. The molecule has 0 aliphatic heterocycles. The van der Waals surface area contributed by atoms with E-state index in [1.165, 1.54) is 0 Å². The highest BCUT2D eigenvalue weighted by molar-refractivity contribution is 6.18. The van der Waals surface area contributed by atoms with Crippen LogP contribution >= 0.6 is 23.2 Å². The van der Waals surface area contributed by atoms with Crippen LogP contribution in [0.5, 0.6) is 0 Å². The Morgan fingerprint density at radius 1 is 1.14 bits per heavy atom. The van der Waals surface area contributed by atoms with Gasteiger partial charge in [-0.15, -0.1) is 23.2 Å².